The maximum absolute atomic E-state index is 12.9. The minimum Gasteiger partial charge on any atom is -0.456 e. The van der Waals surface area contributed by atoms with E-state index in [-0.39, 0.29) is 26.3 Å². The number of carbonyl (C=O) groups excluding carboxylic acids is 2. The number of carbonyl (C=O) groups is 2. The number of rotatable bonds is 6. The normalized spacial score (nSPS) is 12.1. The Hall–Kier alpha value is -3.36. The van der Waals surface area contributed by atoms with Crippen molar-refractivity contribution in [3.8, 4) is 21.9 Å². The molecule has 0 fully saturated rings. The summed E-state index contributed by atoms with van der Waals surface area (Å²) in [7, 11) is 0. The highest BCUT2D eigenvalue weighted by Gasteiger charge is 2.32. The van der Waals surface area contributed by atoms with Gasteiger partial charge >= 0.3 is 24.7 Å². The Morgan fingerprint density at radius 2 is 1.32 bits per heavy atom. The molecular weight excluding hydrogens is 613 g/mol. The largest absolute Gasteiger partial charge is 0.573 e. The molecule has 2 N–H and O–H groups in total. The van der Waals surface area contributed by atoms with Gasteiger partial charge in [0.15, 0.2) is 0 Å². The molecule has 2 aromatic carbocycles. The number of benzene rings is 2. The first kappa shape index (κ1) is 31.2. The van der Waals surface area contributed by atoms with Gasteiger partial charge in [0.2, 0.25) is 0 Å². The van der Waals surface area contributed by atoms with Gasteiger partial charge in [-0.2, -0.15) is 0 Å². The Morgan fingerprint density at radius 1 is 0.800 bits per heavy atom. The molecule has 3 aromatic rings. The third-order valence-electron chi connectivity index (χ3n) is 4.44. The van der Waals surface area contributed by atoms with Crippen molar-refractivity contribution in [2.75, 3.05) is 10.6 Å². The average molecular weight is 631 g/mol. The lowest BCUT2D eigenvalue weighted by molar-refractivity contribution is -0.275. The van der Waals surface area contributed by atoms with Crippen molar-refractivity contribution in [1.82, 2.24) is 0 Å². The highest BCUT2D eigenvalue weighted by molar-refractivity contribution is 7.20. The first-order valence-corrected chi connectivity index (χ1v) is 12.4. The quantitative estimate of drug-likeness (QED) is 0.209. The standard InChI is InChI=1S/C24H18Cl2F6N2O5S/c1-22(2,3)39-20(35)14-10-17(11-4-6-12(7-5-11)37-23(27,28)29)40-19(14)34-21(36)33-18-15(25)8-13(9-16(18)26)38-24(30,31)32/h4-10H,1-3H3,(H2,33,34,36). The first-order valence-electron chi connectivity index (χ1n) is 10.9. The van der Waals surface area contributed by atoms with E-state index < -0.39 is 41.8 Å². The van der Waals surface area contributed by atoms with E-state index in [1.54, 1.807) is 20.8 Å². The fourth-order valence-corrected chi connectivity index (χ4v) is 4.65. The van der Waals surface area contributed by atoms with E-state index in [0.717, 1.165) is 35.6 Å². The minimum absolute atomic E-state index is 0.0124. The van der Waals surface area contributed by atoms with E-state index in [9.17, 15) is 35.9 Å². The lowest BCUT2D eigenvalue weighted by Gasteiger charge is -2.19. The van der Waals surface area contributed by atoms with Gasteiger partial charge in [-0.15, -0.1) is 37.7 Å². The maximum atomic E-state index is 12.9. The number of amides is 2. The molecule has 2 amide bonds. The zero-order valence-electron chi connectivity index (χ0n) is 20.5. The van der Waals surface area contributed by atoms with E-state index in [4.69, 9.17) is 27.9 Å². The van der Waals surface area contributed by atoms with Crippen LogP contribution in [-0.4, -0.2) is 30.3 Å². The number of nitrogens with one attached hydrogen (secondary N) is 2. The molecule has 0 spiro atoms. The smallest absolute Gasteiger partial charge is 0.456 e. The number of anilines is 2. The molecule has 7 nitrogen and oxygen atoms in total. The topological polar surface area (TPSA) is 85.9 Å². The van der Waals surface area contributed by atoms with E-state index in [2.05, 4.69) is 20.1 Å². The van der Waals surface area contributed by atoms with E-state index >= 15 is 0 Å². The second-order valence-electron chi connectivity index (χ2n) is 8.82. The van der Waals surface area contributed by atoms with Crippen LogP contribution >= 0.6 is 34.5 Å². The molecule has 216 valence electrons. The number of esters is 1. The number of hydrogen-bond donors (Lipinski definition) is 2. The molecule has 0 saturated heterocycles. The Labute approximate surface area is 236 Å². The fourth-order valence-electron chi connectivity index (χ4n) is 3.04. The van der Waals surface area contributed by atoms with Crippen LogP contribution < -0.4 is 20.1 Å². The summed E-state index contributed by atoms with van der Waals surface area (Å²) >= 11 is 12.8. The molecule has 0 bridgehead atoms. The van der Waals surface area contributed by atoms with Crippen LogP contribution in [-0.2, 0) is 4.74 Å². The second kappa shape index (κ2) is 11.6. The van der Waals surface area contributed by atoms with Crippen molar-refractivity contribution in [3.63, 3.8) is 0 Å². The number of urea groups is 1. The summed E-state index contributed by atoms with van der Waals surface area (Å²) in [6.07, 6.45) is -9.88. The third kappa shape index (κ3) is 9.10. The van der Waals surface area contributed by atoms with Crippen LogP contribution in [0.5, 0.6) is 11.5 Å². The average Bonchev–Trinajstić information content (AvgIpc) is 3.17. The van der Waals surface area contributed by atoms with E-state index in [0.29, 0.717) is 10.4 Å². The van der Waals surface area contributed by atoms with Crippen molar-refractivity contribution < 1.29 is 50.1 Å². The van der Waals surface area contributed by atoms with Gasteiger partial charge in [0.05, 0.1) is 21.3 Å². The molecule has 0 saturated carbocycles. The monoisotopic (exact) mass is 630 g/mol. The summed E-state index contributed by atoms with van der Waals surface area (Å²) in [5, 5.41) is 3.96. The van der Waals surface area contributed by atoms with E-state index in [1.807, 2.05) is 0 Å². The Balaban J connectivity index is 1.88. The summed E-state index contributed by atoms with van der Waals surface area (Å²) < 4.78 is 87.9. The lowest BCUT2D eigenvalue weighted by atomic mass is 10.1. The lowest BCUT2D eigenvalue weighted by Crippen LogP contribution is -2.25. The van der Waals surface area contributed by atoms with Gasteiger partial charge in [-0.05, 0) is 56.7 Å². The Kier molecular flexibility index (Phi) is 9.06. The number of halogens is 8. The molecule has 0 aliphatic carbocycles. The Bertz CT molecular complexity index is 1380. The molecule has 0 radical (unpaired) electrons. The highest BCUT2D eigenvalue weighted by atomic mass is 35.5. The number of ether oxygens (including phenoxy) is 3. The van der Waals surface area contributed by atoms with Gasteiger partial charge in [0.1, 0.15) is 22.1 Å². The SMILES string of the molecule is CC(C)(C)OC(=O)c1cc(-c2ccc(OC(F)(F)F)cc2)sc1NC(=O)Nc1c(Cl)cc(OC(F)(F)F)cc1Cl. The van der Waals surface area contributed by atoms with Gasteiger partial charge in [-0.3, -0.25) is 5.32 Å². The number of hydrogen-bond acceptors (Lipinski definition) is 6. The molecule has 0 atom stereocenters. The second-order valence-corrected chi connectivity index (χ2v) is 10.7. The van der Waals surface area contributed by atoms with Crippen LogP contribution in [0, 0.1) is 0 Å². The van der Waals surface area contributed by atoms with Crippen LogP contribution in [0.25, 0.3) is 10.4 Å². The molecule has 0 aliphatic rings. The van der Waals surface area contributed by atoms with Crippen LogP contribution in [0.15, 0.2) is 42.5 Å². The van der Waals surface area contributed by atoms with E-state index in [1.165, 1.54) is 18.2 Å². The molecule has 1 heterocycles. The van der Waals surface area contributed by atoms with Gasteiger partial charge in [0.25, 0.3) is 0 Å². The summed E-state index contributed by atoms with van der Waals surface area (Å²) in [4.78, 5) is 26.0. The summed E-state index contributed by atoms with van der Waals surface area (Å²) in [5.74, 6) is -1.99. The van der Waals surface area contributed by atoms with Gasteiger partial charge in [-0.25, -0.2) is 9.59 Å². The molecule has 0 unspecified atom stereocenters. The van der Waals surface area contributed by atoms with Crippen LogP contribution in [0.4, 0.5) is 41.8 Å². The zero-order valence-corrected chi connectivity index (χ0v) is 22.8. The van der Waals surface area contributed by atoms with Crippen molar-refractivity contribution in [3.05, 3.63) is 58.1 Å². The molecule has 16 heteroatoms. The van der Waals surface area contributed by atoms with Crippen molar-refractivity contribution in [1.29, 1.82) is 0 Å². The predicted molar refractivity (Wildman–Crippen MR) is 137 cm³/mol. The van der Waals surface area contributed by atoms with Crippen LogP contribution in [0.3, 0.4) is 0 Å². The molecule has 1 aromatic heterocycles. The summed E-state index contributed by atoms with van der Waals surface area (Å²) in [6, 6.07) is 6.77. The minimum atomic E-state index is -5.00. The van der Waals surface area contributed by atoms with Gasteiger partial charge < -0.3 is 19.5 Å². The van der Waals surface area contributed by atoms with Gasteiger partial charge in [0, 0.05) is 17.0 Å². The molecule has 0 aliphatic heterocycles. The van der Waals surface area contributed by atoms with Gasteiger partial charge in [-0.1, -0.05) is 23.2 Å². The maximum Gasteiger partial charge on any atom is 0.573 e. The number of alkyl halides is 6. The molecule has 40 heavy (non-hydrogen) atoms. The summed E-state index contributed by atoms with van der Waals surface area (Å²) in [5.41, 5.74) is -0.835. The van der Waals surface area contributed by atoms with Crippen molar-refractivity contribution in [2.45, 2.75) is 39.1 Å². The fraction of sp³-hybridized carbons (Fsp3) is 0.250. The van der Waals surface area contributed by atoms with Crippen LogP contribution in [0.1, 0.15) is 31.1 Å². The summed E-state index contributed by atoms with van der Waals surface area (Å²) in [6.45, 7) is 4.86. The zero-order chi connectivity index (χ0) is 30.0. The highest BCUT2D eigenvalue weighted by Crippen LogP contribution is 2.39. The van der Waals surface area contributed by atoms with Crippen LogP contribution in [0.2, 0.25) is 10.0 Å². The predicted octanol–water partition coefficient (Wildman–Crippen LogP) is 9.12. The molecular formula is C24H18Cl2F6N2O5S. The first-order chi connectivity index (χ1) is 18.3. The third-order valence-corrected chi connectivity index (χ3v) is 6.13. The Morgan fingerprint density at radius 3 is 1.82 bits per heavy atom. The van der Waals surface area contributed by atoms with Crippen molar-refractivity contribution in [2.24, 2.45) is 0 Å². The van der Waals surface area contributed by atoms with Crippen molar-refractivity contribution >= 4 is 57.2 Å². The molecule has 3 rings (SSSR count). The number of thiophene rings is 1.